The van der Waals surface area contributed by atoms with Crippen LogP contribution in [0.5, 0.6) is 0 Å². The molecule has 0 bridgehead atoms. The molecule has 1 atom stereocenters. The Hall–Kier alpha value is -0.0400. The average molecular weight is 99.2 g/mol. The van der Waals surface area contributed by atoms with Gasteiger partial charge in [-0.2, -0.15) is 0 Å². The van der Waals surface area contributed by atoms with Crippen LogP contribution < -0.4 is 0 Å². The largest absolute Gasteiger partial charge is 0.381 e. The van der Waals surface area contributed by atoms with Crippen molar-refractivity contribution in [1.29, 1.82) is 0 Å². The molecule has 0 aromatic rings. The zero-order valence-corrected chi connectivity index (χ0v) is 4.68. The molecule has 1 rings (SSSR count). The minimum atomic E-state index is 0.750. The summed E-state index contributed by atoms with van der Waals surface area (Å²) in [4.78, 5) is 0. The molecule has 0 N–H and O–H groups in total. The molecule has 7 heavy (non-hydrogen) atoms. The molecule has 1 radical (unpaired) electrons. The molecule has 1 unspecified atom stereocenters. The number of rotatable bonds is 1. The standard InChI is InChI=1S/C6H11O/c1-2-6-3-4-7-5-6/h2,6H,3-5H2,1H3. The third-order valence-electron chi connectivity index (χ3n) is 1.44. The highest BCUT2D eigenvalue weighted by Crippen LogP contribution is 2.13. The van der Waals surface area contributed by atoms with Gasteiger partial charge in [0, 0.05) is 13.2 Å². The lowest BCUT2D eigenvalue weighted by molar-refractivity contribution is 0.190. The van der Waals surface area contributed by atoms with Crippen molar-refractivity contribution >= 4 is 0 Å². The zero-order chi connectivity index (χ0) is 5.11. The third kappa shape index (κ3) is 1.16. The lowest BCUT2D eigenvalue weighted by Gasteiger charge is -1.97. The van der Waals surface area contributed by atoms with Gasteiger partial charge >= 0.3 is 0 Å². The summed E-state index contributed by atoms with van der Waals surface area (Å²) < 4.78 is 5.12. The Balaban J connectivity index is 2.14. The molecule has 41 valence electrons. The minimum absolute atomic E-state index is 0.750. The number of hydrogen-bond acceptors (Lipinski definition) is 1. The summed E-state index contributed by atoms with van der Waals surface area (Å²) in [5, 5.41) is 0. The molecule has 1 aliphatic heterocycles. The van der Waals surface area contributed by atoms with E-state index in [1.54, 1.807) is 0 Å². The molecule has 1 fully saturated rings. The Labute approximate surface area is 44.7 Å². The van der Waals surface area contributed by atoms with Gasteiger partial charge in [-0.15, -0.1) is 0 Å². The second kappa shape index (κ2) is 2.31. The molecule has 1 nitrogen and oxygen atoms in total. The van der Waals surface area contributed by atoms with Crippen LogP contribution in [-0.2, 0) is 4.74 Å². The SMILES string of the molecule is C[CH]C1CCOC1. The first-order chi connectivity index (χ1) is 3.43. The fourth-order valence-corrected chi connectivity index (χ4v) is 0.816. The lowest BCUT2D eigenvalue weighted by Crippen LogP contribution is -1.95. The van der Waals surface area contributed by atoms with E-state index in [9.17, 15) is 0 Å². The van der Waals surface area contributed by atoms with Crippen molar-refractivity contribution in [2.24, 2.45) is 5.92 Å². The van der Waals surface area contributed by atoms with E-state index in [1.807, 2.05) is 0 Å². The maximum Gasteiger partial charge on any atom is 0.0497 e. The van der Waals surface area contributed by atoms with Crippen LogP contribution in [0.4, 0.5) is 0 Å². The smallest absolute Gasteiger partial charge is 0.0497 e. The van der Waals surface area contributed by atoms with E-state index in [-0.39, 0.29) is 0 Å². The van der Waals surface area contributed by atoms with Crippen molar-refractivity contribution in [3.8, 4) is 0 Å². The van der Waals surface area contributed by atoms with E-state index in [0.29, 0.717) is 0 Å². The average Bonchev–Trinajstić information content (AvgIpc) is 2.14. The van der Waals surface area contributed by atoms with E-state index >= 15 is 0 Å². The van der Waals surface area contributed by atoms with E-state index < -0.39 is 0 Å². The van der Waals surface area contributed by atoms with Gasteiger partial charge in [0.25, 0.3) is 0 Å². The van der Waals surface area contributed by atoms with E-state index in [0.717, 1.165) is 19.1 Å². The van der Waals surface area contributed by atoms with E-state index in [4.69, 9.17) is 4.74 Å². The van der Waals surface area contributed by atoms with E-state index in [1.165, 1.54) is 6.42 Å². The number of hydrogen-bond donors (Lipinski definition) is 0. The summed E-state index contributed by atoms with van der Waals surface area (Å²) in [5.74, 6) is 0.750. The molecule has 1 saturated heterocycles. The molecule has 0 amide bonds. The summed E-state index contributed by atoms with van der Waals surface area (Å²) in [7, 11) is 0. The van der Waals surface area contributed by atoms with Crippen LogP contribution in [0, 0.1) is 12.3 Å². The fourth-order valence-electron chi connectivity index (χ4n) is 0.816. The molecule has 1 heteroatoms. The van der Waals surface area contributed by atoms with Gasteiger partial charge in [-0.25, -0.2) is 0 Å². The first kappa shape index (κ1) is 5.10. The summed E-state index contributed by atoms with van der Waals surface area (Å²) in [6, 6.07) is 0. The Morgan fingerprint density at radius 3 is 2.86 bits per heavy atom. The Bertz CT molecular complexity index is 46.1. The van der Waals surface area contributed by atoms with Gasteiger partial charge in [-0.1, -0.05) is 6.92 Å². The van der Waals surface area contributed by atoms with Gasteiger partial charge in [0.15, 0.2) is 0 Å². The molecular formula is C6H11O. The van der Waals surface area contributed by atoms with E-state index in [2.05, 4.69) is 13.3 Å². The van der Waals surface area contributed by atoms with Crippen LogP contribution in [0.2, 0.25) is 0 Å². The molecule has 1 heterocycles. The van der Waals surface area contributed by atoms with Crippen LogP contribution in [0.1, 0.15) is 13.3 Å². The predicted octanol–water partition coefficient (Wildman–Crippen LogP) is 1.25. The first-order valence-electron chi connectivity index (χ1n) is 2.80. The quantitative estimate of drug-likeness (QED) is 0.480. The zero-order valence-electron chi connectivity index (χ0n) is 4.68. The van der Waals surface area contributed by atoms with Gasteiger partial charge < -0.3 is 4.74 Å². The Kier molecular flexibility index (Phi) is 1.69. The highest BCUT2D eigenvalue weighted by atomic mass is 16.5. The monoisotopic (exact) mass is 99.1 g/mol. The van der Waals surface area contributed by atoms with Crippen LogP contribution in [0.15, 0.2) is 0 Å². The van der Waals surface area contributed by atoms with Crippen molar-refractivity contribution in [3.63, 3.8) is 0 Å². The van der Waals surface area contributed by atoms with Crippen molar-refractivity contribution in [2.45, 2.75) is 13.3 Å². The summed E-state index contributed by atoms with van der Waals surface area (Å²) in [6.07, 6.45) is 3.45. The molecule has 0 aromatic heterocycles. The highest BCUT2D eigenvalue weighted by Gasteiger charge is 2.11. The lowest BCUT2D eigenvalue weighted by atomic mass is 10.1. The molecule has 0 spiro atoms. The maximum absolute atomic E-state index is 5.12. The fraction of sp³-hybridized carbons (Fsp3) is 0.833. The molecular weight excluding hydrogens is 88.1 g/mol. The van der Waals surface area contributed by atoms with Gasteiger partial charge in [-0.3, -0.25) is 0 Å². The minimum Gasteiger partial charge on any atom is -0.381 e. The van der Waals surface area contributed by atoms with Gasteiger partial charge in [0.1, 0.15) is 0 Å². The summed E-state index contributed by atoms with van der Waals surface area (Å²) in [6.45, 7) is 4.02. The predicted molar refractivity (Wildman–Crippen MR) is 28.9 cm³/mol. The first-order valence-corrected chi connectivity index (χ1v) is 2.80. The topological polar surface area (TPSA) is 9.23 Å². The van der Waals surface area contributed by atoms with Crippen LogP contribution in [-0.4, -0.2) is 13.2 Å². The summed E-state index contributed by atoms with van der Waals surface area (Å²) >= 11 is 0. The molecule has 0 aliphatic carbocycles. The van der Waals surface area contributed by atoms with Gasteiger partial charge in [0.2, 0.25) is 0 Å². The second-order valence-corrected chi connectivity index (χ2v) is 1.96. The van der Waals surface area contributed by atoms with Gasteiger partial charge in [-0.05, 0) is 18.8 Å². The Morgan fingerprint density at radius 2 is 2.57 bits per heavy atom. The van der Waals surface area contributed by atoms with Gasteiger partial charge in [0.05, 0.1) is 0 Å². The van der Waals surface area contributed by atoms with Crippen LogP contribution >= 0.6 is 0 Å². The Morgan fingerprint density at radius 1 is 1.71 bits per heavy atom. The molecule has 0 aromatic carbocycles. The number of ether oxygens (including phenoxy) is 1. The summed E-state index contributed by atoms with van der Waals surface area (Å²) in [5.41, 5.74) is 0. The second-order valence-electron chi connectivity index (χ2n) is 1.96. The van der Waals surface area contributed by atoms with Crippen molar-refractivity contribution in [1.82, 2.24) is 0 Å². The van der Waals surface area contributed by atoms with Crippen molar-refractivity contribution in [2.75, 3.05) is 13.2 Å². The highest BCUT2D eigenvalue weighted by molar-refractivity contribution is 4.74. The van der Waals surface area contributed by atoms with Crippen LogP contribution in [0.3, 0.4) is 0 Å². The molecule has 1 aliphatic rings. The van der Waals surface area contributed by atoms with Crippen LogP contribution in [0.25, 0.3) is 0 Å². The van der Waals surface area contributed by atoms with Crippen molar-refractivity contribution < 1.29 is 4.74 Å². The third-order valence-corrected chi connectivity index (χ3v) is 1.44. The van der Waals surface area contributed by atoms with Crippen molar-refractivity contribution in [3.05, 3.63) is 6.42 Å². The maximum atomic E-state index is 5.12. The molecule has 0 saturated carbocycles. The normalized spacial score (nSPS) is 31.3.